The Labute approximate surface area is 129 Å². The molecule has 1 aromatic carbocycles. The summed E-state index contributed by atoms with van der Waals surface area (Å²) < 4.78 is 37.9. The molecule has 0 atom stereocenters. The summed E-state index contributed by atoms with van der Waals surface area (Å²) in [5, 5.41) is 5.17. The van der Waals surface area contributed by atoms with E-state index in [0.717, 1.165) is 22.8 Å². The summed E-state index contributed by atoms with van der Waals surface area (Å²) in [6, 6.07) is 4.02. The van der Waals surface area contributed by atoms with Crippen molar-refractivity contribution in [1.29, 1.82) is 0 Å². The van der Waals surface area contributed by atoms with Gasteiger partial charge in [0.15, 0.2) is 0 Å². The zero-order valence-electron chi connectivity index (χ0n) is 11.9. The number of hydrogen-bond donors (Lipinski definition) is 1. The lowest BCUT2D eigenvalue weighted by atomic mass is 10.2. The Morgan fingerprint density at radius 3 is 2.73 bits per heavy atom. The average molecular weight is 329 g/mol. The molecule has 118 valence electrons. The number of alkyl halides is 3. The van der Waals surface area contributed by atoms with Gasteiger partial charge in [-0.2, -0.15) is 13.2 Å². The van der Waals surface area contributed by atoms with E-state index in [0.29, 0.717) is 0 Å². The fraction of sp³-hybridized carbons (Fsp3) is 0.286. The Hall–Kier alpha value is -2.09. The number of hydrogen-bond acceptors (Lipinski definition) is 3. The van der Waals surface area contributed by atoms with E-state index in [4.69, 9.17) is 0 Å². The highest BCUT2D eigenvalue weighted by Crippen LogP contribution is 2.30. The van der Waals surface area contributed by atoms with Crippen LogP contribution in [-0.4, -0.2) is 23.0 Å². The van der Waals surface area contributed by atoms with E-state index in [1.54, 1.807) is 7.05 Å². The first-order valence-corrected chi connectivity index (χ1v) is 7.24. The van der Waals surface area contributed by atoms with E-state index in [1.807, 2.05) is 12.3 Å². The van der Waals surface area contributed by atoms with E-state index < -0.39 is 17.8 Å². The molecule has 4 nitrogen and oxygen atoms in total. The number of urea groups is 1. The number of carbonyl (C=O) groups excluding carboxylic acids is 1. The van der Waals surface area contributed by atoms with Crippen molar-refractivity contribution in [2.24, 2.45) is 0 Å². The summed E-state index contributed by atoms with van der Waals surface area (Å²) in [4.78, 5) is 17.6. The summed E-state index contributed by atoms with van der Waals surface area (Å²) in [6.45, 7) is 2.14. The van der Waals surface area contributed by atoms with Crippen LogP contribution in [0.1, 0.15) is 16.3 Å². The van der Waals surface area contributed by atoms with E-state index in [2.05, 4.69) is 10.3 Å². The van der Waals surface area contributed by atoms with Gasteiger partial charge in [0.2, 0.25) is 0 Å². The molecule has 0 aliphatic carbocycles. The fourth-order valence-electron chi connectivity index (χ4n) is 1.79. The van der Waals surface area contributed by atoms with Crippen molar-refractivity contribution in [3.63, 3.8) is 0 Å². The highest BCUT2D eigenvalue weighted by atomic mass is 32.1. The van der Waals surface area contributed by atoms with Crippen molar-refractivity contribution in [2.45, 2.75) is 19.6 Å². The smallest absolute Gasteiger partial charge is 0.322 e. The van der Waals surface area contributed by atoms with Crippen LogP contribution in [0.4, 0.5) is 23.7 Å². The molecule has 2 aromatic rings. The van der Waals surface area contributed by atoms with Gasteiger partial charge in [-0.05, 0) is 25.1 Å². The van der Waals surface area contributed by atoms with Gasteiger partial charge in [-0.1, -0.05) is 6.07 Å². The van der Waals surface area contributed by atoms with Crippen molar-refractivity contribution >= 4 is 23.1 Å². The third-order valence-electron chi connectivity index (χ3n) is 2.85. The summed E-state index contributed by atoms with van der Waals surface area (Å²) in [6.07, 6.45) is -4.44. The lowest BCUT2D eigenvalue weighted by Crippen LogP contribution is -2.31. The number of nitrogens with one attached hydrogen (secondary N) is 1. The first-order valence-electron chi connectivity index (χ1n) is 6.36. The largest absolute Gasteiger partial charge is 0.416 e. The molecule has 0 saturated carbocycles. The normalized spacial score (nSPS) is 11.3. The lowest BCUT2D eigenvalue weighted by Gasteiger charge is -2.17. The van der Waals surface area contributed by atoms with Crippen LogP contribution in [0.2, 0.25) is 0 Å². The van der Waals surface area contributed by atoms with Crippen LogP contribution < -0.4 is 5.32 Å². The van der Waals surface area contributed by atoms with Gasteiger partial charge in [-0.3, -0.25) is 0 Å². The molecular weight excluding hydrogens is 315 g/mol. The Morgan fingerprint density at radius 2 is 2.14 bits per heavy atom. The van der Waals surface area contributed by atoms with Crippen LogP contribution in [0.25, 0.3) is 0 Å². The molecule has 0 aliphatic rings. The number of aromatic nitrogens is 1. The SMILES string of the molecule is Cc1nc(CN(C)C(=O)Nc2cccc(C(F)(F)F)c2)cs1. The molecule has 0 radical (unpaired) electrons. The van der Waals surface area contributed by atoms with Crippen LogP contribution in [0, 0.1) is 6.92 Å². The molecular formula is C14H14F3N3OS. The first-order chi connectivity index (χ1) is 10.3. The average Bonchev–Trinajstić information content (AvgIpc) is 2.83. The molecule has 8 heteroatoms. The van der Waals surface area contributed by atoms with Gasteiger partial charge in [0.05, 0.1) is 22.8 Å². The number of thiazole rings is 1. The zero-order chi connectivity index (χ0) is 16.3. The Balaban J connectivity index is 2.02. The molecule has 2 amide bonds. The number of amides is 2. The first kappa shape index (κ1) is 16.3. The van der Waals surface area contributed by atoms with E-state index in [-0.39, 0.29) is 12.2 Å². The van der Waals surface area contributed by atoms with Gasteiger partial charge in [0.25, 0.3) is 0 Å². The van der Waals surface area contributed by atoms with Crippen molar-refractivity contribution in [1.82, 2.24) is 9.88 Å². The molecule has 0 spiro atoms. The lowest BCUT2D eigenvalue weighted by molar-refractivity contribution is -0.137. The predicted octanol–water partition coefficient (Wildman–Crippen LogP) is 4.13. The Bertz CT molecular complexity index is 669. The number of anilines is 1. The second-order valence-corrected chi connectivity index (χ2v) is 5.78. The van der Waals surface area contributed by atoms with E-state index in [9.17, 15) is 18.0 Å². The standard InChI is InChI=1S/C14H14F3N3OS/c1-9-18-12(8-22-9)7-20(2)13(21)19-11-5-3-4-10(6-11)14(15,16)17/h3-6,8H,7H2,1-2H3,(H,19,21). The second kappa shape index (κ2) is 6.35. The van der Waals surface area contributed by atoms with Crippen molar-refractivity contribution in [3.05, 3.63) is 45.9 Å². The second-order valence-electron chi connectivity index (χ2n) is 4.72. The third-order valence-corrected chi connectivity index (χ3v) is 3.68. The van der Waals surface area contributed by atoms with E-state index >= 15 is 0 Å². The van der Waals surface area contributed by atoms with Crippen LogP contribution in [0.3, 0.4) is 0 Å². The Kier molecular flexibility index (Phi) is 4.70. The van der Waals surface area contributed by atoms with Crippen molar-refractivity contribution in [2.75, 3.05) is 12.4 Å². The fourth-order valence-corrected chi connectivity index (χ4v) is 2.39. The Morgan fingerprint density at radius 1 is 1.41 bits per heavy atom. The quantitative estimate of drug-likeness (QED) is 0.920. The van der Waals surface area contributed by atoms with Crippen LogP contribution in [-0.2, 0) is 12.7 Å². The summed E-state index contributed by atoms with van der Waals surface area (Å²) >= 11 is 1.47. The van der Waals surface area contributed by atoms with Gasteiger partial charge in [-0.25, -0.2) is 9.78 Å². The third kappa shape index (κ3) is 4.20. The number of rotatable bonds is 3. The summed E-state index contributed by atoms with van der Waals surface area (Å²) in [7, 11) is 1.55. The maximum absolute atomic E-state index is 12.6. The molecule has 0 unspecified atom stereocenters. The van der Waals surface area contributed by atoms with Crippen LogP contribution in [0.5, 0.6) is 0 Å². The van der Waals surface area contributed by atoms with Crippen LogP contribution in [0.15, 0.2) is 29.6 Å². The van der Waals surface area contributed by atoms with Crippen molar-refractivity contribution < 1.29 is 18.0 Å². The number of carbonyl (C=O) groups is 1. The minimum absolute atomic E-state index is 0.0983. The molecule has 1 aromatic heterocycles. The predicted molar refractivity (Wildman–Crippen MR) is 78.8 cm³/mol. The van der Waals surface area contributed by atoms with Crippen LogP contribution >= 0.6 is 11.3 Å². The van der Waals surface area contributed by atoms with Gasteiger partial charge < -0.3 is 10.2 Å². The molecule has 0 saturated heterocycles. The molecule has 2 rings (SSSR count). The molecule has 0 fully saturated rings. The minimum atomic E-state index is -4.44. The van der Waals surface area contributed by atoms with Crippen molar-refractivity contribution in [3.8, 4) is 0 Å². The number of benzene rings is 1. The van der Waals surface area contributed by atoms with Gasteiger partial charge in [0, 0.05) is 18.1 Å². The maximum atomic E-state index is 12.6. The van der Waals surface area contributed by atoms with Gasteiger partial charge >= 0.3 is 12.2 Å². The minimum Gasteiger partial charge on any atom is -0.322 e. The molecule has 0 bridgehead atoms. The molecule has 22 heavy (non-hydrogen) atoms. The van der Waals surface area contributed by atoms with E-state index in [1.165, 1.54) is 28.4 Å². The monoisotopic (exact) mass is 329 g/mol. The zero-order valence-corrected chi connectivity index (χ0v) is 12.8. The highest BCUT2D eigenvalue weighted by Gasteiger charge is 2.30. The molecule has 1 N–H and O–H groups in total. The maximum Gasteiger partial charge on any atom is 0.416 e. The highest BCUT2D eigenvalue weighted by molar-refractivity contribution is 7.09. The number of aryl methyl sites for hydroxylation is 1. The number of nitrogens with zero attached hydrogens (tertiary/aromatic N) is 2. The van der Waals surface area contributed by atoms with Gasteiger partial charge in [0.1, 0.15) is 0 Å². The number of halogens is 3. The summed E-state index contributed by atoms with van der Waals surface area (Å²) in [5.74, 6) is 0. The molecule has 0 aliphatic heterocycles. The van der Waals surface area contributed by atoms with Gasteiger partial charge in [-0.15, -0.1) is 11.3 Å². The molecule has 1 heterocycles. The topological polar surface area (TPSA) is 45.2 Å². The summed E-state index contributed by atoms with van der Waals surface area (Å²) in [5.41, 5.74) is 0.0356.